The number of thioether (sulfide) groups is 1. The third-order valence-electron chi connectivity index (χ3n) is 2.29. The summed E-state index contributed by atoms with van der Waals surface area (Å²) in [6.45, 7) is 5.87. The highest BCUT2D eigenvalue weighted by Gasteiger charge is 2.33. The Morgan fingerprint density at radius 3 is 2.73 bits per heavy atom. The molecular weight excluding hydrogens is 212 g/mol. The van der Waals surface area contributed by atoms with Gasteiger partial charge in [-0.2, -0.15) is 0 Å². The van der Waals surface area contributed by atoms with E-state index in [2.05, 4.69) is 0 Å². The topological polar surface area (TPSA) is 46.5 Å². The van der Waals surface area contributed by atoms with Gasteiger partial charge in [0.05, 0.1) is 0 Å². The lowest BCUT2D eigenvalue weighted by molar-refractivity contribution is -0.154. The van der Waals surface area contributed by atoms with Crippen LogP contribution in [0.1, 0.15) is 33.6 Å². The monoisotopic (exact) mass is 232 g/mol. The van der Waals surface area contributed by atoms with Gasteiger partial charge in [0, 0.05) is 6.61 Å². The van der Waals surface area contributed by atoms with E-state index in [1.54, 1.807) is 11.8 Å². The van der Waals surface area contributed by atoms with Crippen molar-refractivity contribution in [3.05, 3.63) is 0 Å². The number of carbonyl (C=O) groups is 1. The number of rotatable bonds is 3. The van der Waals surface area contributed by atoms with Crippen LogP contribution < -0.4 is 0 Å². The summed E-state index contributed by atoms with van der Waals surface area (Å²) in [4.78, 5) is 11.7. The van der Waals surface area contributed by atoms with Gasteiger partial charge in [-0.3, -0.25) is 4.79 Å². The molecule has 0 bridgehead atoms. The normalized spacial score (nSPS) is 26.7. The van der Waals surface area contributed by atoms with Crippen molar-refractivity contribution in [2.75, 3.05) is 12.4 Å². The van der Waals surface area contributed by atoms with Crippen LogP contribution in [-0.2, 0) is 9.53 Å². The number of aliphatic hydroxyl groups is 1. The highest BCUT2D eigenvalue weighted by Crippen LogP contribution is 2.34. The third-order valence-corrected chi connectivity index (χ3v) is 3.74. The van der Waals surface area contributed by atoms with Gasteiger partial charge in [-0.15, -0.1) is 11.8 Å². The van der Waals surface area contributed by atoms with Gasteiger partial charge >= 0.3 is 5.97 Å². The number of carbonyl (C=O) groups excluding carboxylic acids is 1. The van der Waals surface area contributed by atoms with Crippen LogP contribution in [0.4, 0.5) is 0 Å². The summed E-state index contributed by atoms with van der Waals surface area (Å²) >= 11 is 1.65. The lowest BCUT2D eigenvalue weighted by Gasteiger charge is -2.21. The van der Waals surface area contributed by atoms with Gasteiger partial charge in [-0.05, 0) is 45.3 Å². The maximum absolute atomic E-state index is 11.7. The largest absolute Gasteiger partial charge is 0.459 e. The Morgan fingerprint density at radius 1 is 1.53 bits per heavy atom. The fourth-order valence-corrected chi connectivity index (χ4v) is 3.01. The summed E-state index contributed by atoms with van der Waals surface area (Å²) in [5.74, 6) is 1.33. The average molecular weight is 232 g/mol. The number of aliphatic hydroxyl groups excluding tert-OH is 1. The van der Waals surface area contributed by atoms with Crippen molar-refractivity contribution in [2.24, 2.45) is 5.92 Å². The molecule has 1 aliphatic heterocycles. The van der Waals surface area contributed by atoms with Crippen molar-refractivity contribution in [3.63, 3.8) is 0 Å². The van der Waals surface area contributed by atoms with Gasteiger partial charge in [0.1, 0.15) is 10.9 Å². The van der Waals surface area contributed by atoms with Gasteiger partial charge < -0.3 is 9.84 Å². The number of hydrogen-bond donors (Lipinski definition) is 1. The predicted octanol–water partition coefficient (Wildman–Crippen LogP) is 1.83. The maximum atomic E-state index is 11.7. The molecule has 1 rings (SSSR count). The summed E-state index contributed by atoms with van der Waals surface area (Å²) < 4.78 is 5.33. The van der Waals surface area contributed by atoms with Crippen LogP contribution in [-0.4, -0.2) is 34.3 Å². The summed E-state index contributed by atoms with van der Waals surface area (Å²) in [6.07, 6.45) is 1.65. The van der Waals surface area contributed by atoms with Crippen LogP contribution in [0.5, 0.6) is 0 Å². The molecular formula is C11H20O3S. The molecule has 0 aromatic rings. The molecule has 2 atom stereocenters. The zero-order chi connectivity index (χ0) is 11.5. The fourth-order valence-electron chi connectivity index (χ4n) is 1.61. The fraction of sp³-hybridized carbons (Fsp3) is 0.909. The molecule has 0 saturated carbocycles. The van der Waals surface area contributed by atoms with Crippen molar-refractivity contribution in [2.45, 2.75) is 44.5 Å². The molecule has 0 aliphatic carbocycles. The Labute approximate surface area is 95.6 Å². The minimum atomic E-state index is -0.396. The van der Waals surface area contributed by atoms with Gasteiger partial charge in [0.25, 0.3) is 0 Å². The van der Waals surface area contributed by atoms with Crippen LogP contribution in [0.2, 0.25) is 0 Å². The summed E-state index contributed by atoms with van der Waals surface area (Å²) in [7, 11) is 0. The van der Waals surface area contributed by atoms with Gasteiger partial charge in [0.15, 0.2) is 0 Å². The molecule has 0 aromatic heterocycles. The van der Waals surface area contributed by atoms with E-state index in [0.717, 1.165) is 18.6 Å². The van der Waals surface area contributed by atoms with Crippen molar-refractivity contribution in [1.29, 1.82) is 0 Å². The summed E-state index contributed by atoms with van der Waals surface area (Å²) in [6, 6.07) is 0. The first-order valence-corrected chi connectivity index (χ1v) is 6.42. The van der Waals surface area contributed by atoms with Crippen molar-refractivity contribution >= 4 is 17.7 Å². The van der Waals surface area contributed by atoms with E-state index in [1.807, 2.05) is 20.8 Å². The van der Waals surface area contributed by atoms with Crippen molar-refractivity contribution < 1.29 is 14.6 Å². The molecule has 0 aromatic carbocycles. The third kappa shape index (κ3) is 4.43. The lowest BCUT2D eigenvalue weighted by Crippen LogP contribution is -2.29. The second kappa shape index (κ2) is 5.21. The predicted molar refractivity (Wildman–Crippen MR) is 61.9 cm³/mol. The smallest absolute Gasteiger partial charge is 0.319 e. The first-order valence-electron chi connectivity index (χ1n) is 5.37. The number of hydrogen-bond acceptors (Lipinski definition) is 4. The summed E-state index contributed by atoms with van der Waals surface area (Å²) in [5.41, 5.74) is -0.396. The Balaban J connectivity index is 2.37. The van der Waals surface area contributed by atoms with E-state index in [4.69, 9.17) is 9.84 Å². The van der Waals surface area contributed by atoms with E-state index >= 15 is 0 Å². The molecule has 3 nitrogen and oxygen atoms in total. The minimum Gasteiger partial charge on any atom is -0.459 e. The molecule has 1 N–H and O–H groups in total. The second-order valence-corrected chi connectivity index (χ2v) is 6.21. The van der Waals surface area contributed by atoms with Gasteiger partial charge in [0.2, 0.25) is 0 Å². The minimum absolute atomic E-state index is 0.0271. The van der Waals surface area contributed by atoms with E-state index < -0.39 is 5.60 Å². The van der Waals surface area contributed by atoms with Crippen LogP contribution in [0.15, 0.2) is 0 Å². The Hall–Kier alpha value is -0.220. The zero-order valence-corrected chi connectivity index (χ0v) is 10.5. The molecule has 1 aliphatic rings. The molecule has 1 fully saturated rings. The van der Waals surface area contributed by atoms with Crippen molar-refractivity contribution in [1.82, 2.24) is 0 Å². The Bertz CT molecular complexity index is 222. The van der Waals surface area contributed by atoms with Crippen molar-refractivity contribution in [3.8, 4) is 0 Å². The average Bonchev–Trinajstić information content (AvgIpc) is 2.50. The molecule has 2 unspecified atom stereocenters. The van der Waals surface area contributed by atoms with Gasteiger partial charge in [-0.1, -0.05) is 0 Å². The first-order chi connectivity index (χ1) is 6.92. The Kier molecular flexibility index (Phi) is 4.46. The SMILES string of the molecule is CC(C)(C)OC(=O)C1CC(CCO)CS1. The van der Waals surface area contributed by atoms with Gasteiger partial charge in [-0.25, -0.2) is 0 Å². The van der Waals surface area contributed by atoms with E-state index in [9.17, 15) is 4.79 Å². The van der Waals surface area contributed by atoms with E-state index in [-0.39, 0.29) is 17.8 Å². The highest BCUT2D eigenvalue weighted by molar-refractivity contribution is 8.00. The van der Waals surface area contributed by atoms with E-state index in [1.165, 1.54) is 0 Å². The molecule has 1 saturated heterocycles. The lowest BCUT2D eigenvalue weighted by atomic mass is 10.0. The van der Waals surface area contributed by atoms with Crippen LogP contribution in [0.3, 0.4) is 0 Å². The molecule has 0 amide bonds. The number of esters is 1. The van der Waals surface area contributed by atoms with Crippen LogP contribution in [0.25, 0.3) is 0 Å². The first kappa shape index (κ1) is 12.8. The number of ether oxygens (including phenoxy) is 1. The molecule has 0 spiro atoms. The molecule has 88 valence electrons. The van der Waals surface area contributed by atoms with E-state index in [0.29, 0.717) is 5.92 Å². The van der Waals surface area contributed by atoms with Crippen LogP contribution >= 0.6 is 11.8 Å². The van der Waals surface area contributed by atoms with Crippen LogP contribution in [0, 0.1) is 5.92 Å². The second-order valence-electron chi connectivity index (χ2n) is 4.97. The highest BCUT2D eigenvalue weighted by atomic mass is 32.2. The molecule has 4 heteroatoms. The quantitative estimate of drug-likeness (QED) is 0.754. The Morgan fingerprint density at radius 2 is 2.20 bits per heavy atom. The maximum Gasteiger partial charge on any atom is 0.319 e. The standard InChI is InChI=1S/C11H20O3S/c1-11(2,3)14-10(13)9-6-8(4-5-12)7-15-9/h8-9,12H,4-7H2,1-3H3. The zero-order valence-electron chi connectivity index (χ0n) is 9.66. The molecule has 15 heavy (non-hydrogen) atoms. The molecule has 0 radical (unpaired) electrons. The summed E-state index contributed by atoms with van der Waals surface area (Å²) in [5, 5.41) is 8.79. The molecule has 1 heterocycles.